The molecule has 10 heteroatoms. The van der Waals surface area contributed by atoms with E-state index in [9.17, 15) is 8.42 Å². The van der Waals surface area contributed by atoms with Crippen LogP contribution in [0.25, 0.3) is 11.3 Å². The van der Waals surface area contributed by atoms with Crippen LogP contribution in [0, 0.1) is 6.92 Å². The van der Waals surface area contributed by atoms with Gasteiger partial charge < -0.3 is 10.1 Å². The van der Waals surface area contributed by atoms with E-state index in [0.717, 1.165) is 55.7 Å². The van der Waals surface area contributed by atoms with E-state index in [1.165, 1.54) is 10.6 Å². The molecule has 2 aromatic heterocycles. The van der Waals surface area contributed by atoms with Crippen molar-refractivity contribution in [1.29, 1.82) is 0 Å². The zero-order valence-electron chi connectivity index (χ0n) is 16.9. The van der Waals surface area contributed by atoms with Crippen LogP contribution in [0.1, 0.15) is 37.3 Å². The van der Waals surface area contributed by atoms with Gasteiger partial charge in [-0.1, -0.05) is 0 Å². The second-order valence-electron chi connectivity index (χ2n) is 7.88. The highest BCUT2D eigenvalue weighted by Gasteiger charge is 2.26. The first-order valence-electron chi connectivity index (χ1n) is 10.1. The third-order valence-corrected chi connectivity index (χ3v) is 6.87. The zero-order chi connectivity index (χ0) is 20.4. The van der Waals surface area contributed by atoms with Gasteiger partial charge in [-0.15, -0.1) is 0 Å². The molecule has 2 aromatic rings. The SMILES string of the molecule is Cc1cnc(NC2CCCN(S(C)(=O)=O)C2)nc1-c1cnn(C2CCOCC2)c1. The van der Waals surface area contributed by atoms with Crippen LogP contribution in [0.4, 0.5) is 5.95 Å². The Balaban J connectivity index is 1.50. The van der Waals surface area contributed by atoms with Gasteiger partial charge in [-0.3, -0.25) is 4.68 Å². The number of nitrogens with zero attached hydrogens (tertiary/aromatic N) is 5. The lowest BCUT2D eigenvalue weighted by Crippen LogP contribution is -2.44. The number of hydrogen-bond donors (Lipinski definition) is 1. The van der Waals surface area contributed by atoms with Crippen LogP contribution in [0.2, 0.25) is 0 Å². The smallest absolute Gasteiger partial charge is 0.223 e. The van der Waals surface area contributed by atoms with E-state index in [1.807, 2.05) is 24.0 Å². The molecule has 2 fully saturated rings. The van der Waals surface area contributed by atoms with E-state index < -0.39 is 10.0 Å². The summed E-state index contributed by atoms with van der Waals surface area (Å²) in [6.07, 6.45) is 10.6. The van der Waals surface area contributed by atoms with Crippen LogP contribution in [-0.2, 0) is 14.8 Å². The largest absolute Gasteiger partial charge is 0.381 e. The predicted octanol–water partition coefficient (Wildman–Crippen LogP) is 1.84. The molecular weight excluding hydrogens is 392 g/mol. The molecule has 0 aromatic carbocycles. The summed E-state index contributed by atoms with van der Waals surface area (Å²) < 4.78 is 32.7. The topological polar surface area (TPSA) is 102 Å². The van der Waals surface area contributed by atoms with Crippen LogP contribution < -0.4 is 5.32 Å². The molecule has 0 bridgehead atoms. The minimum atomic E-state index is -3.18. The van der Waals surface area contributed by atoms with Gasteiger partial charge in [-0.2, -0.15) is 5.10 Å². The molecule has 2 aliphatic heterocycles. The van der Waals surface area contributed by atoms with Crippen molar-refractivity contribution in [2.75, 3.05) is 37.9 Å². The Bertz CT molecular complexity index is 955. The van der Waals surface area contributed by atoms with E-state index in [4.69, 9.17) is 9.72 Å². The van der Waals surface area contributed by atoms with Crippen molar-refractivity contribution < 1.29 is 13.2 Å². The number of piperidine rings is 1. The quantitative estimate of drug-likeness (QED) is 0.787. The summed E-state index contributed by atoms with van der Waals surface area (Å²) >= 11 is 0. The van der Waals surface area contributed by atoms with Gasteiger partial charge in [0.2, 0.25) is 16.0 Å². The Hall–Kier alpha value is -2.04. The van der Waals surface area contributed by atoms with Gasteiger partial charge in [0.1, 0.15) is 0 Å². The Labute approximate surface area is 171 Å². The van der Waals surface area contributed by atoms with Gasteiger partial charge in [-0.05, 0) is 38.2 Å². The molecule has 9 nitrogen and oxygen atoms in total. The van der Waals surface area contributed by atoms with E-state index in [1.54, 1.807) is 6.20 Å². The van der Waals surface area contributed by atoms with E-state index in [2.05, 4.69) is 15.4 Å². The third-order valence-electron chi connectivity index (χ3n) is 5.60. The fourth-order valence-corrected chi connectivity index (χ4v) is 4.87. The number of anilines is 1. The molecule has 29 heavy (non-hydrogen) atoms. The van der Waals surface area contributed by atoms with Crippen LogP contribution in [-0.4, -0.2) is 71.1 Å². The van der Waals surface area contributed by atoms with Crippen molar-refractivity contribution in [3.05, 3.63) is 24.2 Å². The Morgan fingerprint density at radius 2 is 2.00 bits per heavy atom. The monoisotopic (exact) mass is 420 g/mol. The van der Waals surface area contributed by atoms with Crippen LogP contribution in [0.5, 0.6) is 0 Å². The minimum absolute atomic E-state index is 0.000932. The van der Waals surface area contributed by atoms with Gasteiger partial charge in [-0.25, -0.2) is 22.7 Å². The van der Waals surface area contributed by atoms with E-state index in [0.29, 0.717) is 25.1 Å². The summed E-state index contributed by atoms with van der Waals surface area (Å²) in [7, 11) is -3.18. The van der Waals surface area contributed by atoms with E-state index >= 15 is 0 Å². The lowest BCUT2D eigenvalue weighted by molar-refractivity contribution is 0.0662. The lowest BCUT2D eigenvalue weighted by atomic mass is 10.1. The Morgan fingerprint density at radius 1 is 1.21 bits per heavy atom. The number of nitrogens with one attached hydrogen (secondary N) is 1. The normalized spacial score (nSPS) is 21.9. The molecular formula is C19H28N6O3S. The first-order chi connectivity index (χ1) is 13.9. The highest BCUT2D eigenvalue weighted by Crippen LogP contribution is 2.26. The average Bonchev–Trinajstić information content (AvgIpc) is 3.20. The number of rotatable bonds is 5. The van der Waals surface area contributed by atoms with Crippen molar-refractivity contribution in [3.8, 4) is 11.3 Å². The molecule has 4 heterocycles. The summed E-state index contributed by atoms with van der Waals surface area (Å²) in [5.74, 6) is 0.518. The second kappa shape index (κ2) is 8.37. The van der Waals surface area contributed by atoms with Crippen LogP contribution in [0.15, 0.2) is 18.6 Å². The number of hydrogen-bond acceptors (Lipinski definition) is 7. The van der Waals surface area contributed by atoms with Gasteiger partial charge in [0.15, 0.2) is 0 Å². The van der Waals surface area contributed by atoms with Crippen molar-refractivity contribution in [1.82, 2.24) is 24.1 Å². The van der Waals surface area contributed by atoms with E-state index in [-0.39, 0.29) is 6.04 Å². The fraction of sp³-hybridized carbons (Fsp3) is 0.632. The summed E-state index contributed by atoms with van der Waals surface area (Å²) in [6, 6.07) is 0.362. The number of ether oxygens (including phenoxy) is 1. The molecule has 0 radical (unpaired) electrons. The minimum Gasteiger partial charge on any atom is -0.381 e. The van der Waals surface area contributed by atoms with Gasteiger partial charge in [0.25, 0.3) is 0 Å². The van der Waals surface area contributed by atoms with Crippen LogP contribution >= 0.6 is 0 Å². The molecule has 2 saturated heterocycles. The molecule has 4 rings (SSSR count). The molecule has 1 N–H and O–H groups in total. The highest BCUT2D eigenvalue weighted by atomic mass is 32.2. The molecule has 0 spiro atoms. The molecule has 0 saturated carbocycles. The second-order valence-corrected chi connectivity index (χ2v) is 9.86. The summed E-state index contributed by atoms with van der Waals surface area (Å²) in [5, 5.41) is 7.87. The maximum absolute atomic E-state index is 11.9. The Morgan fingerprint density at radius 3 is 2.76 bits per heavy atom. The van der Waals surface area contributed by atoms with Crippen molar-refractivity contribution in [2.24, 2.45) is 0 Å². The maximum atomic E-state index is 11.9. The van der Waals surface area contributed by atoms with Crippen molar-refractivity contribution >= 4 is 16.0 Å². The zero-order valence-corrected chi connectivity index (χ0v) is 17.7. The standard InChI is InChI=1S/C19H28N6O3S/c1-14-10-20-19(22-16-4-3-7-24(13-16)29(2,26)27)23-18(14)15-11-21-25(12-15)17-5-8-28-9-6-17/h10-12,16-17H,3-9,13H2,1-2H3,(H,20,22,23). The molecule has 0 aliphatic carbocycles. The first kappa shape index (κ1) is 20.2. The lowest BCUT2D eigenvalue weighted by Gasteiger charge is -2.31. The summed E-state index contributed by atoms with van der Waals surface area (Å²) in [5.41, 5.74) is 2.78. The molecule has 1 atom stereocenters. The molecule has 0 amide bonds. The van der Waals surface area contributed by atoms with Gasteiger partial charge in [0.05, 0.1) is 24.2 Å². The summed E-state index contributed by atoms with van der Waals surface area (Å²) in [4.78, 5) is 9.12. The number of sulfonamides is 1. The Kier molecular flexibility index (Phi) is 5.84. The number of aryl methyl sites for hydroxylation is 1. The highest BCUT2D eigenvalue weighted by molar-refractivity contribution is 7.88. The predicted molar refractivity (Wildman–Crippen MR) is 110 cm³/mol. The maximum Gasteiger partial charge on any atom is 0.223 e. The van der Waals surface area contributed by atoms with Gasteiger partial charge in [0, 0.05) is 50.3 Å². The average molecular weight is 421 g/mol. The van der Waals surface area contributed by atoms with Crippen molar-refractivity contribution in [3.63, 3.8) is 0 Å². The first-order valence-corrected chi connectivity index (χ1v) is 11.9. The molecule has 1 unspecified atom stereocenters. The molecule has 158 valence electrons. The number of aromatic nitrogens is 4. The molecule has 2 aliphatic rings. The van der Waals surface area contributed by atoms with Gasteiger partial charge >= 0.3 is 0 Å². The fourth-order valence-electron chi connectivity index (χ4n) is 3.96. The summed E-state index contributed by atoms with van der Waals surface area (Å²) in [6.45, 7) is 4.53. The third kappa shape index (κ3) is 4.76. The van der Waals surface area contributed by atoms with Crippen LogP contribution in [0.3, 0.4) is 0 Å². The van der Waals surface area contributed by atoms with Crippen molar-refractivity contribution in [2.45, 2.75) is 44.7 Å².